The van der Waals surface area contributed by atoms with E-state index in [0.717, 1.165) is 12.2 Å². The molecule has 108 valence electrons. The van der Waals surface area contributed by atoms with Crippen molar-refractivity contribution in [1.29, 1.82) is 0 Å². The number of para-hydroxylation sites is 1. The van der Waals surface area contributed by atoms with Crippen LogP contribution in [0.25, 0.3) is 0 Å². The second-order valence-corrected chi connectivity index (χ2v) is 6.79. The minimum absolute atomic E-state index is 0.108. The summed E-state index contributed by atoms with van der Waals surface area (Å²) < 4.78 is 26.3. The molecule has 0 fully saturated rings. The Kier molecular flexibility index (Phi) is 4.49. The van der Waals surface area contributed by atoms with Crippen molar-refractivity contribution < 1.29 is 8.42 Å². The van der Waals surface area contributed by atoms with Gasteiger partial charge >= 0.3 is 0 Å². The van der Waals surface area contributed by atoms with Gasteiger partial charge in [0.25, 0.3) is 0 Å². The topological polar surface area (TPSA) is 51.1 Å². The Labute approximate surface area is 120 Å². The van der Waals surface area contributed by atoms with Crippen LogP contribution in [-0.4, -0.2) is 18.7 Å². The van der Waals surface area contributed by atoms with Crippen LogP contribution in [-0.2, 0) is 22.9 Å². The van der Waals surface area contributed by atoms with Gasteiger partial charge in [-0.2, -0.15) is 0 Å². The molecular formula is C15H20N2O2S. The third-order valence-electron chi connectivity index (χ3n) is 3.33. The summed E-state index contributed by atoms with van der Waals surface area (Å²) in [5.41, 5.74) is 1.80. The average molecular weight is 292 g/mol. The standard InChI is InChI=1S/C15H20N2O2S/c1-3-17-11-7-8-13(17)12-16-14-9-5-6-10-15(14)20(18,19)4-2/h5-11,16H,3-4,12H2,1-2H3. The number of hydrogen-bond acceptors (Lipinski definition) is 3. The van der Waals surface area contributed by atoms with Crippen LogP contribution >= 0.6 is 0 Å². The molecule has 2 aromatic rings. The van der Waals surface area contributed by atoms with Gasteiger partial charge in [-0.3, -0.25) is 0 Å². The number of rotatable bonds is 6. The van der Waals surface area contributed by atoms with Crippen molar-refractivity contribution in [3.63, 3.8) is 0 Å². The number of nitrogens with zero attached hydrogens (tertiary/aromatic N) is 1. The zero-order chi connectivity index (χ0) is 14.6. The maximum atomic E-state index is 12.1. The van der Waals surface area contributed by atoms with Crippen molar-refractivity contribution >= 4 is 15.5 Å². The van der Waals surface area contributed by atoms with Gasteiger partial charge in [0.2, 0.25) is 0 Å². The van der Waals surface area contributed by atoms with Gasteiger partial charge < -0.3 is 9.88 Å². The van der Waals surface area contributed by atoms with E-state index >= 15 is 0 Å². The van der Waals surface area contributed by atoms with Crippen molar-refractivity contribution in [1.82, 2.24) is 4.57 Å². The molecule has 0 unspecified atom stereocenters. The molecule has 1 heterocycles. The summed E-state index contributed by atoms with van der Waals surface area (Å²) >= 11 is 0. The van der Waals surface area contributed by atoms with Crippen molar-refractivity contribution in [2.24, 2.45) is 0 Å². The Bertz CT molecular complexity index is 675. The third kappa shape index (κ3) is 3.04. The van der Waals surface area contributed by atoms with Crippen molar-refractivity contribution in [2.75, 3.05) is 11.1 Å². The summed E-state index contributed by atoms with van der Waals surface area (Å²) in [5.74, 6) is 0.108. The van der Waals surface area contributed by atoms with Crippen molar-refractivity contribution in [3.8, 4) is 0 Å². The molecule has 5 heteroatoms. The number of aryl methyl sites for hydroxylation is 1. The molecule has 0 aliphatic rings. The number of sulfone groups is 1. The van der Waals surface area contributed by atoms with Crippen LogP contribution in [0.2, 0.25) is 0 Å². The molecule has 0 aliphatic carbocycles. The van der Waals surface area contributed by atoms with Gasteiger partial charge in [0.15, 0.2) is 9.84 Å². The molecule has 0 atom stereocenters. The van der Waals surface area contributed by atoms with Gasteiger partial charge in [-0.05, 0) is 31.2 Å². The molecule has 0 aliphatic heterocycles. The molecule has 1 aromatic heterocycles. The van der Waals surface area contributed by atoms with E-state index in [0.29, 0.717) is 17.1 Å². The Morgan fingerprint density at radius 2 is 1.85 bits per heavy atom. The summed E-state index contributed by atoms with van der Waals surface area (Å²) in [5, 5.41) is 3.23. The van der Waals surface area contributed by atoms with E-state index in [4.69, 9.17) is 0 Å². The van der Waals surface area contributed by atoms with E-state index in [9.17, 15) is 8.42 Å². The quantitative estimate of drug-likeness (QED) is 0.890. The number of nitrogens with one attached hydrogen (secondary N) is 1. The van der Waals surface area contributed by atoms with Crippen LogP contribution in [0.5, 0.6) is 0 Å². The number of benzene rings is 1. The Balaban J connectivity index is 2.23. The highest BCUT2D eigenvalue weighted by atomic mass is 32.2. The highest BCUT2D eigenvalue weighted by molar-refractivity contribution is 7.91. The normalized spacial score (nSPS) is 11.5. The van der Waals surface area contributed by atoms with E-state index in [1.165, 1.54) is 0 Å². The highest BCUT2D eigenvalue weighted by Crippen LogP contribution is 2.22. The molecule has 0 spiro atoms. The lowest BCUT2D eigenvalue weighted by atomic mass is 10.3. The molecular weight excluding hydrogens is 272 g/mol. The summed E-state index contributed by atoms with van der Waals surface area (Å²) in [6, 6.07) is 11.1. The largest absolute Gasteiger partial charge is 0.378 e. The Morgan fingerprint density at radius 3 is 2.55 bits per heavy atom. The van der Waals surface area contributed by atoms with Crippen molar-refractivity contribution in [3.05, 3.63) is 48.3 Å². The summed E-state index contributed by atoms with van der Waals surface area (Å²) in [4.78, 5) is 0.372. The fourth-order valence-corrected chi connectivity index (χ4v) is 3.22. The predicted molar refractivity (Wildman–Crippen MR) is 81.6 cm³/mol. The zero-order valence-corrected chi connectivity index (χ0v) is 12.7. The number of aromatic nitrogens is 1. The molecule has 0 saturated heterocycles. The number of hydrogen-bond donors (Lipinski definition) is 1. The maximum Gasteiger partial charge on any atom is 0.180 e. The van der Waals surface area contributed by atoms with E-state index in [1.807, 2.05) is 30.5 Å². The second kappa shape index (κ2) is 6.13. The van der Waals surface area contributed by atoms with Crippen LogP contribution < -0.4 is 5.32 Å². The van der Waals surface area contributed by atoms with Gasteiger partial charge in [0, 0.05) is 18.4 Å². The average Bonchev–Trinajstić information content (AvgIpc) is 2.93. The van der Waals surface area contributed by atoms with Crippen LogP contribution in [0, 0.1) is 0 Å². The molecule has 0 bridgehead atoms. The monoisotopic (exact) mass is 292 g/mol. The lowest BCUT2D eigenvalue weighted by Gasteiger charge is -2.13. The van der Waals surface area contributed by atoms with Gasteiger partial charge in [-0.25, -0.2) is 8.42 Å². The molecule has 2 rings (SSSR count). The molecule has 1 N–H and O–H groups in total. The van der Waals surface area contributed by atoms with Crippen LogP contribution in [0.3, 0.4) is 0 Å². The number of anilines is 1. The van der Waals surface area contributed by atoms with Gasteiger partial charge in [-0.15, -0.1) is 0 Å². The summed E-state index contributed by atoms with van der Waals surface area (Å²) in [7, 11) is -3.20. The highest BCUT2D eigenvalue weighted by Gasteiger charge is 2.15. The van der Waals surface area contributed by atoms with Crippen molar-refractivity contribution in [2.45, 2.75) is 31.8 Å². The Hall–Kier alpha value is -1.75. The van der Waals surface area contributed by atoms with E-state index in [1.54, 1.807) is 19.1 Å². The van der Waals surface area contributed by atoms with E-state index in [-0.39, 0.29) is 5.75 Å². The van der Waals surface area contributed by atoms with E-state index < -0.39 is 9.84 Å². The minimum Gasteiger partial charge on any atom is -0.378 e. The summed E-state index contributed by atoms with van der Waals surface area (Å²) in [6.07, 6.45) is 2.02. The minimum atomic E-state index is -3.20. The molecule has 0 saturated carbocycles. The smallest absolute Gasteiger partial charge is 0.180 e. The fraction of sp³-hybridized carbons (Fsp3) is 0.333. The van der Waals surface area contributed by atoms with Gasteiger partial charge in [0.1, 0.15) is 0 Å². The lowest BCUT2D eigenvalue weighted by molar-refractivity contribution is 0.597. The SMILES string of the molecule is CCn1cccc1CNc1ccccc1S(=O)(=O)CC. The predicted octanol–water partition coefficient (Wildman–Crippen LogP) is 2.91. The molecule has 4 nitrogen and oxygen atoms in total. The van der Waals surface area contributed by atoms with Gasteiger partial charge in [-0.1, -0.05) is 19.1 Å². The first-order chi connectivity index (χ1) is 9.58. The first kappa shape index (κ1) is 14.7. The van der Waals surface area contributed by atoms with Crippen LogP contribution in [0.15, 0.2) is 47.5 Å². The molecule has 20 heavy (non-hydrogen) atoms. The Morgan fingerprint density at radius 1 is 1.10 bits per heavy atom. The summed E-state index contributed by atoms with van der Waals surface area (Å²) in [6.45, 7) is 5.25. The fourth-order valence-electron chi connectivity index (χ4n) is 2.14. The van der Waals surface area contributed by atoms with Gasteiger partial charge in [0.05, 0.1) is 22.9 Å². The lowest BCUT2D eigenvalue weighted by Crippen LogP contribution is -2.11. The first-order valence-corrected chi connectivity index (χ1v) is 8.43. The third-order valence-corrected chi connectivity index (χ3v) is 5.11. The molecule has 0 amide bonds. The molecule has 1 aromatic carbocycles. The maximum absolute atomic E-state index is 12.1. The van der Waals surface area contributed by atoms with E-state index in [2.05, 4.69) is 16.8 Å². The molecule has 0 radical (unpaired) electrons. The first-order valence-electron chi connectivity index (χ1n) is 6.78. The second-order valence-electron chi connectivity index (χ2n) is 4.54. The van der Waals surface area contributed by atoms with Crippen LogP contribution in [0.1, 0.15) is 19.5 Å². The zero-order valence-electron chi connectivity index (χ0n) is 11.8. The van der Waals surface area contributed by atoms with Crippen LogP contribution in [0.4, 0.5) is 5.69 Å².